The third-order valence-electron chi connectivity index (χ3n) is 3.97. The van der Waals surface area contributed by atoms with Crippen molar-refractivity contribution < 1.29 is 9.90 Å². The number of likely N-dealkylation sites (N-methyl/N-ethyl adjacent to an activating group) is 1. The number of para-hydroxylation sites is 1. The number of carboxylic acid groups (broad SMARTS) is 1. The lowest BCUT2D eigenvalue weighted by Crippen LogP contribution is -2.50. The van der Waals surface area contributed by atoms with E-state index in [-0.39, 0.29) is 6.04 Å². The van der Waals surface area contributed by atoms with E-state index in [4.69, 9.17) is 0 Å². The Morgan fingerprint density at radius 1 is 1.47 bits per heavy atom. The first-order valence-electron chi connectivity index (χ1n) is 5.95. The maximum Gasteiger partial charge on any atom is 0.320 e. The highest BCUT2D eigenvalue weighted by atomic mass is 16.4. The number of nitrogens with zero attached hydrogens (tertiary/aromatic N) is 1. The van der Waals surface area contributed by atoms with Crippen LogP contribution < -0.4 is 5.32 Å². The fourth-order valence-electron chi connectivity index (χ4n) is 3.08. The SMILES string of the molecule is CN1CC2Nc3ccccc3C2CC1C(=O)O. The molecule has 0 bridgehead atoms. The molecule has 3 unspecified atom stereocenters. The highest BCUT2D eigenvalue weighted by molar-refractivity contribution is 5.74. The maximum atomic E-state index is 11.2. The molecule has 0 saturated carbocycles. The minimum Gasteiger partial charge on any atom is -0.480 e. The van der Waals surface area contributed by atoms with E-state index in [9.17, 15) is 9.90 Å². The molecule has 4 heteroatoms. The number of hydrogen-bond donors (Lipinski definition) is 2. The second kappa shape index (κ2) is 3.74. The largest absolute Gasteiger partial charge is 0.480 e. The molecule has 2 aliphatic rings. The first-order valence-corrected chi connectivity index (χ1v) is 5.95. The van der Waals surface area contributed by atoms with Gasteiger partial charge in [0.05, 0.1) is 0 Å². The van der Waals surface area contributed by atoms with Crippen molar-refractivity contribution in [2.75, 3.05) is 18.9 Å². The van der Waals surface area contributed by atoms with Gasteiger partial charge in [-0.05, 0) is 25.1 Å². The van der Waals surface area contributed by atoms with Crippen molar-refractivity contribution in [1.29, 1.82) is 0 Å². The van der Waals surface area contributed by atoms with Crippen molar-refractivity contribution in [3.63, 3.8) is 0 Å². The van der Waals surface area contributed by atoms with Gasteiger partial charge in [-0.1, -0.05) is 18.2 Å². The fraction of sp³-hybridized carbons (Fsp3) is 0.462. The van der Waals surface area contributed by atoms with Crippen LogP contribution in [0.2, 0.25) is 0 Å². The van der Waals surface area contributed by atoms with Crippen LogP contribution in [0.1, 0.15) is 17.9 Å². The molecule has 0 spiro atoms. The van der Waals surface area contributed by atoms with Crippen molar-refractivity contribution in [3.05, 3.63) is 29.8 Å². The molecule has 0 aromatic heterocycles. The number of anilines is 1. The highest BCUT2D eigenvalue weighted by Crippen LogP contribution is 2.41. The summed E-state index contributed by atoms with van der Waals surface area (Å²) in [6.45, 7) is 0.788. The smallest absolute Gasteiger partial charge is 0.320 e. The molecule has 90 valence electrons. The number of piperidine rings is 1. The van der Waals surface area contributed by atoms with Crippen LogP contribution in [0.3, 0.4) is 0 Å². The van der Waals surface area contributed by atoms with Gasteiger partial charge in [-0.3, -0.25) is 9.69 Å². The molecule has 3 atom stereocenters. The zero-order valence-corrected chi connectivity index (χ0v) is 9.76. The average molecular weight is 232 g/mol. The summed E-state index contributed by atoms with van der Waals surface area (Å²) in [6, 6.07) is 8.22. The number of fused-ring (bicyclic) bond motifs is 3. The van der Waals surface area contributed by atoms with Crippen LogP contribution in [0.25, 0.3) is 0 Å². The van der Waals surface area contributed by atoms with Crippen LogP contribution in [0, 0.1) is 0 Å². The van der Waals surface area contributed by atoms with E-state index < -0.39 is 5.97 Å². The number of carbonyl (C=O) groups is 1. The molecule has 0 radical (unpaired) electrons. The van der Waals surface area contributed by atoms with Gasteiger partial charge in [0, 0.05) is 24.2 Å². The summed E-state index contributed by atoms with van der Waals surface area (Å²) in [5, 5.41) is 12.7. The summed E-state index contributed by atoms with van der Waals surface area (Å²) in [6.07, 6.45) is 0.695. The monoisotopic (exact) mass is 232 g/mol. The minimum atomic E-state index is -0.713. The molecule has 1 saturated heterocycles. The van der Waals surface area contributed by atoms with E-state index in [1.54, 1.807) is 0 Å². The van der Waals surface area contributed by atoms with Crippen molar-refractivity contribution >= 4 is 11.7 Å². The highest BCUT2D eigenvalue weighted by Gasteiger charge is 2.41. The molecular weight excluding hydrogens is 216 g/mol. The van der Waals surface area contributed by atoms with Gasteiger partial charge in [-0.15, -0.1) is 0 Å². The van der Waals surface area contributed by atoms with Crippen molar-refractivity contribution in [1.82, 2.24) is 4.90 Å². The summed E-state index contributed by atoms with van der Waals surface area (Å²) in [5.41, 5.74) is 2.44. The van der Waals surface area contributed by atoms with Gasteiger partial charge in [0.2, 0.25) is 0 Å². The van der Waals surface area contributed by atoms with Gasteiger partial charge in [0.15, 0.2) is 0 Å². The van der Waals surface area contributed by atoms with Gasteiger partial charge in [0.1, 0.15) is 6.04 Å². The van der Waals surface area contributed by atoms with E-state index in [0.717, 1.165) is 6.54 Å². The van der Waals surface area contributed by atoms with Crippen LogP contribution >= 0.6 is 0 Å². The third kappa shape index (κ3) is 1.60. The Kier molecular flexibility index (Phi) is 2.33. The third-order valence-corrected chi connectivity index (χ3v) is 3.97. The zero-order valence-electron chi connectivity index (χ0n) is 9.76. The summed E-state index contributed by atoms with van der Waals surface area (Å²) >= 11 is 0. The van der Waals surface area contributed by atoms with Crippen LogP contribution in [0.5, 0.6) is 0 Å². The van der Waals surface area contributed by atoms with Crippen LogP contribution in [0.4, 0.5) is 5.69 Å². The van der Waals surface area contributed by atoms with Crippen LogP contribution in [0.15, 0.2) is 24.3 Å². The first-order chi connectivity index (χ1) is 8.16. The van der Waals surface area contributed by atoms with Gasteiger partial charge in [0.25, 0.3) is 0 Å². The number of hydrogen-bond acceptors (Lipinski definition) is 3. The van der Waals surface area contributed by atoms with E-state index in [0.29, 0.717) is 18.4 Å². The molecule has 0 aliphatic carbocycles. The number of benzene rings is 1. The van der Waals surface area contributed by atoms with E-state index >= 15 is 0 Å². The lowest BCUT2D eigenvalue weighted by Gasteiger charge is -2.37. The van der Waals surface area contributed by atoms with E-state index in [1.807, 2.05) is 24.1 Å². The Bertz CT molecular complexity index is 460. The van der Waals surface area contributed by atoms with Gasteiger partial charge < -0.3 is 10.4 Å². The standard InChI is InChI=1S/C13H16N2O2/c1-15-7-11-9(6-12(15)13(16)17)8-4-2-3-5-10(8)14-11/h2-5,9,11-12,14H,6-7H2,1H3,(H,16,17). The molecular formula is C13H16N2O2. The molecule has 1 aromatic rings. The minimum absolute atomic E-state index is 0.337. The molecule has 2 N–H and O–H groups in total. The van der Waals surface area contributed by atoms with Crippen molar-refractivity contribution in [2.45, 2.75) is 24.4 Å². The Morgan fingerprint density at radius 2 is 2.24 bits per heavy atom. The first kappa shape index (κ1) is 10.6. The zero-order chi connectivity index (χ0) is 12.0. The predicted octanol–water partition coefficient (Wildman–Crippen LogP) is 1.35. The Balaban J connectivity index is 1.91. The van der Waals surface area contributed by atoms with Crippen molar-refractivity contribution in [3.8, 4) is 0 Å². The number of likely N-dealkylation sites (tertiary alicyclic amines) is 1. The predicted molar refractivity (Wildman–Crippen MR) is 65.3 cm³/mol. The summed E-state index contributed by atoms with van der Waals surface area (Å²) in [5.74, 6) is -0.376. The Labute approximate surface area is 100 Å². The van der Waals surface area contributed by atoms with Crippen molar-refractivity contribution in [2.24, 2.45) is 0 Å². The fourth-order valence-corrected chi connectivity index (χ4v) is 3.08. The topological polar surface area (TPSA) is 52.6 Å². The number of carboxylic acids is 1. The molecule has 0 amide bonds. The van der Waals surface area contributed by atoms with Gasteiger partial charge in [-0.25, -0.2) is 0 Å². The number of nitrogens with one attached hydrogen (secondary N) is 1. The van der Waals surface area contributed by atoms with Crippen LogP contribution in [-0.4, -0.2) is 41.7 Å². The number of rotatable bonds is 1. The summed E-state index contributed by atoms with van der Waals surface area (Å²) in [4.78, 5) is 13.1. The molecule has 2 aliphatic heterocycles. The molecule has 1 aromatic carbocycles. The summed E-state index contributed by atoms with van der Waals surface area (Å²) < 4.78 is 0. The van der Waals surface area contributed by atoms with Gasteiger partial charge >= 0.3 is 5.97 Å². The quantitative estimate of drug-likeness (QED) is 0.767. The average Bonchev–Trinajstić information content (AvgIpc) is 2.64. The molecule has 4 nitrogen and oxygen atoms in total. The summed E-state index contributed by atoms with van der Waals surface area (Å²) in [7, 11) is 1.89. The number of aliphatic carboxylic acids is 1. The molecule has 2 heterocycles. The lowest BCUT2D eigenvalue weighted by atomic mass is 9.84. The van der Waals surface area contributed by atoms with E-state index in [1.165, 1.54) is 11.3 Å². The second-order valence-electron chi connectivity index (χ2n) is 4.97. The van der Waals surface area contributed by atoms with E-state index in [2.05, 4.69) is 17.4 Å². The normalized spacial score (nSPS) is 31.5. The second-order valence-corrected chi connectivity index (χ2v) is 4.97. The maximum absolute atomic E-state index is 11.2. The van der Waals surface area contributed by atoms with Crippen LogP contribution in [-0.2, 0) is 4.79 Å². The molecule has 3 rings (SSSR count). The van der Waals surface area contributed by atoms with Gasteiger partial charge in [-0.2, -0.15) is 0 Å². The molecule has 1 fully saturated rings. The molecule has 17 heavy (non-hydrogen) atoms. The lowest BCUT2D eigenvalue weighted by molar-refractivity contribution is -0.144. The Morgan fingerprint density at radius 3 is 3.00 bits per heavy atom. The Hall–Kier alpha value is -1.55.